The van der Waals surface area contributed by atoms with Crippen molar-refractivity contribution < 1.29 is 23.9 Å². The second-order valence-electron chi connectivity index (χ2n) is 6.28. The summed E-state index contributed by atoms with van der Waals surface area (Å²) in [6.07, 6.45) is 0. The molecule has 0 spiro atoms. The number of benzene rings is 2. The lowest BCUT2D eigenvalue weighted by molar-refractivity contribution is -0.151. The fourth-order valence-electron chi connectivity index (χ4n) is 3.00. The minimum Gasteiger partial charge on any atom is -0.454 e. The molecule has 0 bridgehead atoms. The first-order valence-electron chi connectivity index (χ1n) is 8.81. The molecule has 3 amide bonds. The number of fused-ring (bicyclic) bond motifs is 1. The first kappa shape index (κ1) is 19.8. The highest BCUT2D eigenvalue weighted by molar-refractivity contribution is 6.22. The molecule has 0 saturated heterocycles. The zero-order valence-electron chi connectivity index (χ0n) is 15.6. The number of rotatable bonds is 6. The first-order valence-corrected chi connectivity index (χ1v) is 8.81. The van der Waals surface area contributed by atoms with Crippen molar-refractivity contribution >= 4 is 29.4 Å². The van der Waals surface area contributed by atoms with Gasteiger partial charge in [-0.2, -0.15) is 5.26 Å². The standard InChI is InChI=1S/C21H17N3O5/c1-14(24-19(26)16-9-5-6-10-17(16)20(24)27)21(28)29-13-18(25)23(12-11-22)15-7-3-2-4-8-15/h2-10,14H,12-13H2,1H3/t14-/m1/s1. The number of hydrogen-bond donors (Lipinski definition) is 0. The molecule has 8 heteroatoms. The average Bonchev–Trinajstić information content (AvgIpc) is 3.00. The van der Waals surface area contributed by atoms with Gasteiger partial charge >= 0.3 is 5.97 Å². The summed E-state index contributed by atoms with van der Waals surface area (Å²) in [5.41, 5.74) is 0.929. The summed E-state index contributed by atoms with van der Waals surface area (Å²) in [6, 6.07) is 15.5. The number of nitriles is 1. The fourth-order valence-corrected chi connectivity index (χ4v) is 3.00. The maximum Gasteiger partial charge on any atom is 0.329 e. The minimum absolute atomic E-state index is 0.214. The van der Waals surface area contributed by atoms with Crippen LogP contribution >= 0.6 is 0 Å². The molecule has 2 aromatic carbocycles. The number of hydrogen-bond acceptors (Lipinski definition) is 6. The Bertz CT molecular complexity index is 977. The van der Waals surface area contributed by atoms with Crippen LogP contribution in [0.2, 0.25) is 0 Å². The van der Waals surface area contributed by atoms with Gasteiger partial charge in [-0.25, -0.2) is 4.79 Å². The topological polar surface area (TPSA) is 108 Å². The van der Waals surface area contributed by atoms with Crippen molar-refractivity contribution in [1.82, 2.24) is 4.90 Å². The number of para-hydroxylation sites is 1. The van der Waals surface area contributed by atoms with E-state index in [-0.39, 0.29) is 17.7 Å². The number of anilines is 1. The lowest BCUT2D eigenvalue weighted by Gasteiger charge is -2.22. The van der Waals surface area contributed by atoms with Gasteiger partial charge in [0.25, 0.3) is 17.7 Å². The molecule has 1 heterocycles. The summed E-state index contributed by atoms with van der Waals surface area (Å²) in [5, 5.41) is 8.97. The van der Waals surface area contributed by atoms with E-state index < -0.39 is 36.3 Å². The third-order valence-corrected chi connectivity index (χ3v) is 4.49. The predicted molar refractivity (Wildman–Crippen MR) is 102 cm³/mol. The largest absolute Gasteiger partial charge is 0.454 e. The summed E-state index contributed by atoms with van der Waals surface area (Å²) < 4.78 is 5.04. The molecule has 1 aliphatic rings. The third-order valence-electron chi connectivity index (χ3n) is 4.49. The van der Waals surface area contributed by atoms with Gasteiger partial charge in [0, 0.05) is 5.69 Å². The molecule has 146 valence electrons. The highest BCUT2D eigenvalue weighted by Gasteiger charge is 2.41. The SMILES string of the molecule is C[C@H](C(=O)OCC(=O)N(CC#N)c1ccccc1)N1C(=O)c2ccccc2C1=O. The molecule has 0 radical (unpaired) electrons. The Hall–Kier alpha value is -3.99. The Morgan fingerprint density at radius 1 is 1.03 bits per heavy atom. The fraction of sp³-hybridized carbons (Fsp3) is 0.190. The Kier molecular flexibility index (Phi) is 5.69. The van der Waals surface area contributed by atoms with E-state index in [1.54, 1.807) is 42.5 Å². The van der Waals surface area contributed by atoms with Crippen molar-refractivity contribution in [1.29, 1.82) is 5.26 Å². The number of carbonyl (C=O) groups excluding carboxylic acids is 4. The normalized spacial score (nSPS) is 13.4. The first-order chi connectivity index (χ1) is 14.0. The van der Waals surface area contributed by atoms with Gasteiger partial charge in [0.2, 0.25) is 0 Å². The van der Waals surface area contributed by atoms with Gasteiger partial charge in [-0.15, -0.1) is 0 Å². The number of carbonyl (C=O) groups is 4. The molecule has 1 aliphatic heterocycles. The molecule has 0 N–H and O–H groups in total. The van der Waals surface area contributed by atoms with Crippen molar-refractivity contribution in [2.24, 2.45) is 0 Å². The Labute approximate surface area is 166 Å². The molecule has 0 aromatic heterocycles. The maximum atomic E-state index is 12.5. The van der Waals surface area contributed by atoms with Gasteiger partial charge in [0.05, 0.1) is 17.2 Å². The van der Waals surface area contributed by atoms with E-state index in [1.807, 2.05) is 6.07 Å². The predicted octanol–water partition coefficient (Wildman–Crippen LogP) is 1.77. The lowest BCUT2D eigenvalue weighted by Crippen LogP contribution is -2.45. The van der Waals surface area contributed by atoms with Crippen LogP contribution in [-0.4, -0.2) is 47.8 Å². The van der Waals surface area contributed by atoms with Gasteiger partial charge in [0.1, 0.15) is 12.6 Å². The van der Waals surface area contributed by atoms with Crippen LogP contribution in [-0.2, 0) is 14.3 Å². The Morgan fingerprint density at radius 2 is 1.59 bits per heavy atom. The number of esters is 1. The van der Waals surface area contributed by atoms with Crippen LogP contribution in [0.25, 0.3) is 0 Å². The monoisotopic (exact) mass is 391 g/mol. The molecule has 0 saturated carbocycles. The Balaban J connectivity index is 1.66. The van der Waals surface area contributed by atoms with Gasteiger partial charge in [-0.3, -0.25) is 24.2 Å². The van der Waals surface area contributed by atoms with Crippen molar-refractivity contribution in [3.05, 3.63) is 65.7 Å². The van der Waals surface area contributed by atoms with Crippen molar-refractivity contribution in [3.63, 3.8) is 0 Å². The second-order valence-corrected chi connectivity index (χ2v) is 6.28. The molecular weight excluding hydrogens is 374 g/mol. The van der Waals surface area contributed by atoms with E-state index in [4.69, 9.17) is 10.00 Å². The molecule has 3 rings (SSSR count). The Morgan fingerprint density at radius 3 is 2.14 bits per heavy atom. The quantitative estimate of drug-likeness (QED) is 0.422. The summed E-state index contributed by atoms with van der Waals surface area (Å²) in [4.78, 5) is 51.7. The lowest BCUT2D eigenvalue weighted by atomic mass is 10.1. The molecule has 8 nitrogen and oxygen atoms in total. The second kappa shape index (κ2) is 8.35. The van der Waals surface area contributed by atoms with Crippen LogP contribution in [0, 0.1) is 11.3 Å². The summed E-state index contributed by atoms with van der Waals surface area (Å²) in [7, 11) is 0. The van der Waals surface area contributed by atoms with Crippen molar-refractivity contribution in [2.45, 2.75) is 13.0 Å². The molecule has 0 fully saturated rings. The van der Waals surface area contributed by atoms with Crippen LogP contribution in [0.4, 0.5) is 5.69 Å². The van der Waals surface area contributed by atoms with Gasteiger partial charge in [-0.05, 0) is 31.2 Å². The van der Waals surface area contributed by atoms with Crippen LogP contribution in [0.15, 0.2) is 54.6 Å². The molecular formula is C21H17N3O5. The highest BCUT2D eigenvalue weighted by atomic mass is 16.5. The minimum atomic E-state index is -1.20. The van der Waals surface area contributed by atoms with Gasteiger partial charge in [-0.1, -0.05) is 30.3 Å². The van der Waals surface area contributed by atoms with E-state index in [9.17, 15) is 19.2 Å². The van der Waals surface area contributed by atoms with Crippen molar-refractivity contribution in [3.8, 4) is 6.07 Å². The smallest absolute Gasteiger partial charge is 0.329 e. The maximum absolute atomic E-state index is 12.5. The highest BCUT2D eigenvalue weighted by Crippen LogP contribution is 2.24. The summed E-state index contributed by atoms with van der Waals surface area (Å²) >= 11 is 0. The van der Waals surface area contributed by atoms with Crippen LogP contribution in [0.5, 0.6) is 0 Å². The van der Waals surface area contributed by atoms with Crippen LogP contribution in [0.1, 0.15) is 27.6 Å². The average molecular weight is 391 g/mol. The summed E-state index contributed by atoms with van der Waals surface area (Å²) in [5.74, 6) is -2.66. The number of ether oxygens (including phenoxy) is 1. The number of amides is 3. The molecule has 2 aromatic rings. The van der Waals surface area contributed by atoms with E-state index in [1.165, 1.54) is 24.0 Å². The molecule has 0 unspecified atom stereocenters. The molecule has 0 aliphatic carbocycles. The molecule has 1 atom stereocenters. The van der Waals surface area contributed by atoms with E-state index in [2.05, 4.69) is 0 Å². The van der Waals surface area contributed by atoms with Crippen molar-refractivity contribution in [2.75, 3.05) is 18.1 Å². The van der Waals surface area contributed by atoms with E-state index in [0.717, 1.165) is 4.90 Å². The van der Waals surface area contributed by atoms with Gasteiger partial charge < -0.3 is 4.74 Å². The van der Waals surface area contributed by atoms with Gasteiger partial charge in [0.15, 0.2) is 6.61 Å². The molecule has 29 heavy (non-hydrogen) atoms. The van der Waals surface area contributed by atoms with Crippen LogP contribution in [0.3, 0.4) is 0 Å². The van der Waals surface area contributed by atoms with E-state index in [0.29, 0.717) is 5.69 Å². The summed E-state index contributed by atoms with van der Waals surface area (Å²) in [6.45, 7) is 0.524. The van der Waals surface area contributed by atoms with E-state index >= 15 is 0 Å². The zero-order valence-corrected chi connectivity index (χ0v) is 15.6. The zero-order chi connectivity index (χ0) is 21.0. The third kappa shape index (κ3) is 3.84. The van der Waals surface area contributed by atoms with Crippen LogP contribution < -0.4 is 4.90 Å². The number of nitrogens with zero attached hydrogens (tertiary/aromatic N) is 3. The number of imide groups is 1.